The molecule has 0 saturated carbocycles. The van der Waals surface area contributed by atoms with Crippen LogP contribution >= 0.6 is 0 Å². The van der Waals surface area contributed by atoms with Crippen LogP contribution in [0.15, 0.2) is 48.5 Å². The minimum Gasteiger partial charge on any atom is -0.497 e. The van der Waals surface area contributed by atoms with Crippen molar-refractivity contribution in [1.29, 1.82) is 0 Å². The second-order valence-corrected chi connectivity index (χ2v) is 6.15. The Labute approximate surface area is 148 Å². The summed E-state index contributed by atoms with van der Waals surface area (Å²) in [5, 5.41) is 6.36. The smallest absolute Gasteiger partial charge is 0.227 e. The van der Waals surface area contributed by atoms with Crippen molar-refractivity contribution in [2.45, 2.75) is 19.4 Å². The third-order valence-corrected chi connectivity index (χ3v) is 4.40. The zero-order chi connectivity index (χ0) is 17.5. The molecule has 1 heterocycles. The molecule has 3 rings (SSSR count). The fraction of sp³-hybridized carbons (Fsp3) is 0.350. The molecule has 5 heteroatoms. The first-order chi connectivity index (χ1) is 12.2. The maximum atomic E-state index is 12.2. The average molecular weight is 340 g/mol. The maximum Gasteiger partial charge on any atom is 0.227 e. The van der Waals surface area contributed by atoms with Gasteiger partial charge >= 0.3 is 0 Å². The van der Waals surface area contributed by atoms with Crippen LogP contribution in [0, 0.1) is 5.92 Å². The number of benzene rings is 2. The van der Waals surface area contributed by atoms with Crippen molar-refractivity contribution in [3.8, 4) is 5.75 Å². The molecule has 25 heavy (non-hydrogen) atoms. The number of hydrogen-bond acceptors (Lipinski definition) is 4. The zero-order valence-corrected chi connectivity index (χ0v) is 14.5. The van der Waals surface area contributed by atoms with Gasteiger partial charge in [-0.3, -0.25) is 4.79 Å². The van der Waals surface area contributed by atoms with E-state index in [2.05, 4.69) is 10.6 Å². The third-order valence-electron chi connectivity index (χ3n) is 4.40. The molecular weight excluding hydrogens is 316 g/mol. The van der Waals surface area contributed by atoms with Crippen LogP contribution in [0.1, 0.15) is 18.4 Å². The Hall–Kier alpha value is -2.53. The largest absolute Gasteiger partial charge is 0.497 e. The molecule has 132 valence electrons. The van der Waals surface area contributed by atoms with Gasteiger partial charge in [0.1, 0.15) is 5.75 Å². The van der Waals surface area contributed by atoms with Crippen molar-refractivity contribution in [3.63, 3.8) is 0 Å². The Morgan fingerprint density at radius 2 is 1.68 bits per heavy atom. The van der Waals surface area contributed by atoms with E-state index in [1.165, 1.54) is 5.56 Å². The first kappa shape index (κ1) is 17.3. The van der Waals surface area contributed by atoms with Gasteiger partial charge in [0.15, 0.2) is 0 Å². The van der Waals surface area contributed by atoms with Gasteiger partial charge in [0.05, 0.1) is 7.11 Å². The second kappa shape index (κ2) is 8.53. The predicted octanol–water partition coefficient (Wildman–Crippen LogP) is 3.67. The fourth-order valence-electron chi connectivity index (χ4n) is 2.82. The van der Waals surface area contributed by atoms with E-state index in [0.29, 0.717) is 13.2 Å². The molecule has 2 aromatic carbocycles. The summed E-state index contributed by atoms with van der Waals surface area (Å²) in [5.41, 5.74) is 3.02. The van der Waals surface area contributed by atoms with Gasteiger partial charge in [-0.1, -0.05) is 12.1 Å². The summed E-state index contributed by atoms with van der Waals surface area (Å²) in [4.78, 5) is 12.2. The van der Waals surface area contributed by atoms with Gasteiger partial charge in [-0.2, -0.15) is 0 Å². The number of carbonyl (C=O) groups excluding carboxylic acids is 1. The van der Waals surface area contributed by atoms with E-state index >= 15 is 0 Å². The van der Waals surface area contributed by atoms with Gasteiger partial charge in [-0.25, -0.2) is 0 Å². The van der Waals surface area contributed by atoms with E-state index in [4.69, 9.17) is 9.47 Å². The Kier molecular flexibility index (Phi) is 5.90. The monoisotopic (exact) mass is 340 g/mol. The van der Waals surface area contributed by atoms with Crippen LogP contribution in [0.25, 0.3) is 0 Å². The van der Waals surface area contributed by atoms with Gasteiger partial charge in [0.25, 0.3) is 0 Å². The highest BCUT2D eigenvalue weighted by Crippen LogP contribution is 2.19. The van der Waals surface area contributed by atoms with Crippen LogP contribution in [0.2, 0.25) is 0 Å². The molecule has 1 amide bonds. The number of carbonyl (C=O) groups is 1. The molecule has 0 atom stereocenters. The van der Waals surface area contributed by atoms with Gasteiger partial charge in [0.2, 0.25) is 5.91 Å². The SMILES string of the molecule is COc1ccc(CNc2ccc(NC(=O)C3CCOCC3)cc2)cc1. The first-order valence-electron chi connectivity index (χ1n) is 8.60. The molecule has 0 spiro atoms. The van der Waals surface area contributed by atoms with Crippen molar-refractivity contribution in [1.82, 2.24) is 0 Å². The van der Waals surface area contributed by atoms with Crippen LogP contribution in [0.5, 0.6) is 5.75 Å². The van der Waals surface area contributed by atoms with E-state index in [0.717, 1.165) is 36.5 Å². The Morgan fingerprint density at radius 1 is 1.04 bits per heavy atom. The summed E-state index contributed by atoms with van der Waals surface area (Å²) in [6.45, 7) is 2.08. The lowest BCUT2D eigenvalue weighted by Gasteiger charge is -2.21. The molecule has 0 radical (unpaired) electrons. The number of amides is 1. The Bertz CT molecular complexity index is 677. The lowest BCUT2D eigenvalue weighted by molar-refractivity contribution is -0.122. The lowest BCUT2D eigenvalue weighted by atomic mass is 9.99. The molecule has 1 aliphatic rings. The molecular formula is C20H24N2O3. The van der Waals surface area contributed by atoms with Gasteiger partial charge < -0.3 is 20.1 Å². The summed E-state index contributed by atoms with van der Waals surface area (Å²) < 4.78 is 10.5. The summed E-state index contributed by atoms with van der Waals surface area (Å²) in [6.07, 6.45) is 1.60. The van der Waals surface area contributed by atoms with E-state index in [1.54, 1.807) is 7.11 Å². The van der Waals surface area contributed by atoms with Gasteiger partial charge in [-0.05, 0) is 54.8 Å². The second-order valence-electron chi connectivity index (χ2n) is 6.15. The maximum absolute atomic E-state index is 12.2. The summed E-state index contributed by atoms with van der Waals surface area (Å²) >= 11 is 0. The molecule has 2 aromatic rings. The molecule has 0 aliphatic carbocycles. The molecule has 0 unspecified atom stereocenters. The number of hydrogen-bond donors (Lipinski definition) is 2. The number of methoxy groups -OCH3 is 1. The van der Waals surface area contributed by atoms with Crippen molar-refractivity contribution in [2.24, 2.45) is 5.92 Å². The topological polar surface area (TPSA) is 59.6 Å². The van der Waals surface area contributed by atoms with Crippen molar-refractivity contribution in [2.75, 3.05) is 31.0 Å². The van der Waals surface area contributed by atoms with Gasteiger partial charge in [0, 0.05) is 37.1 Å². The quantitative estimate of drug-likeness (QED) is 0.842. The van der Waals surface area contributed by atoms with Crippen LogP contribution in [-0.2, 0) is 16.1 Å². The normalized spacial score (nSPS) is 14.8. The highest BCUT2D eigenvalue weighted by molar-refractivity contribution is 5.92. The summed E-state index contributed by atoms with van der Waals surface area (Å²) in [7, 11) is 1.66. The number of nitrogens with one attached hydrogen (secondary N) is 2. The van der Waals surface area contributed by atoms with E-state index in [9.17, 15) is 4.79 Å². The number of anilines is 2. The van der Waals surface area contributed by atoms with Crippen molar-refractivity contribution in [3.05, 3.63) is 54.1 Å². The van der Waals surface area contributed by atoms with Crippen LogP contribution in [0.4, 0.5) is 11.4 Å². The molecule has 0 bridgehead atoms. The highest BCUT2D eigenvalue weighted by atomic mass is 16.5. The Balaban J connectivity index is 1.50. The van der Waals surface area contributed by atoms with Crippen molar-refractivity contribution < 1.29 is 14.3 Å². The van der Waals surface area contributed by atoms with Crippen LogP contribution in [0.3, 0.4) is 0 Å². The molecule has 5 nitrogen and oxygen atoms in total. The molecule has 0 aromatic heterocycles. The highest BCUT2D eigenvalue weighted by Gasteiger charge is 2.21. The Morgan fingerprint density at radius 3 is 2.32 bits per heavy atom. The molecule has 2 N–H and O–H groups in total. The standard InChI is InChI=1S/C20H24N2O3/c1-24-19-8-2-15(3-9-19)14-21-17-4-6-18(7-5-17)22-20(23)16-10-12-25-13-11-16/h2-9,16,21H,10-14H2,1H3,(H,22,23). The number of ether oxygens (including phenoxy) is 2. The lowest BCUT2D eigenvalue weighted by Crippen LogP contribution is -2.28. The minimum absolute atomic E-state index is 0.0571. The fourth-order valence-corrected chi connectivity index (χ4v) is 2.82. The first-order valence-corrected chi connectivity index (χ1v) is 8.60. The van der Waals surface area contributed by atoms with Crippen molar-refractivity contribution >= 4 is 17.3 Å². The molecule has 1 fully saturated rings. The van der Waals surface area contributed by atoms with E-state index in [-0.39, 0.29) is 11.8 Å². The van der Waals surface area contributed by atoms with E-state index < -0.39 is 0 Å². The summed E-state index contributed by atoms with van der Waals surface area (Å²) in [5.74, 6) is 0.997. The van der Waals surface area contributed by atoms with E-state index in [1.807, 2.05) is 48.5 Å². The molecule has 1 aliphatic heterocycles. The average Bonchev–Trinajstić information content (AvgIpc) is 2.68. The number of rotatable bonds is 6. The third kappa shape index (κ3) is 4.97. The minimum atomic E-state index is 0.0571. The van der Waals surface area contributed by atoms with Crippen LogP contribution < -0.4 is 15.4 Å². The predicted molar refractivity (Wildman–Crippen MR) is 98.9 cm³/mol. The zero-order valence-electron chi connectivity index (χ0n) is 14.5. The van der Waals surface area contributed by atoms with Gasteiger partial charge in [-0.15, -0.1) is 0 Å². The molecule has 1 saturated heterocycles. The summed E-state index contributed by atoms with van der Waals surface area (Å²) in [6, 6.07) is 15.8. The van der Waals surface area contributed by atoms with Crippen LogP contribution in [-0.4, -0.2) is 26.2 Å².